The van der Waals surface area contributed by atoms with Gasteiger partial charge in [0.25, 0.3) is 0 Å². The monoisotopic (exact) mass is 269 g/mol. The molecule has 5 nitrogen and oxygen atoms in total. The predicted octanol–water partition coefficient (Wildman–Crippen LogP) is 0.238. The minimum absolute atomic E-state index is 0.0134. The van der Waals surface area contributed by atoms with Crippen LogP contribution >= 0.6 is 0 Å². The third kappa shape index (κ3) is 3.22. The summed E-state index contributed by atoms with van der Waals surface area (Å²) in [7, 11) is -2.99. The van der Waals surface area contributed by atoms with Gasteiger partial charge in [0.05, 0.1) is 17.9 Å². The van der Waals surface area contributed by atoms with Crippen molar-refractivity contribution in [1.82, 2.24) is 5.32 Å². The molecule has 6 heteroatoms. The van der Waals surface area contributed by atoms with Crippen molar-refractivity contribution in [2.24, 2.45) is 0 Å². The number of benzene rings is 1. The molecule has 0 bridgehead atoms. The van der Waals surface area contributed by atoms with Gasteiger partial charge in [-0.2, -0.15) is 0 Å². The fraction of sp³-hybridized carbons (Fsp3) is 0.417. The average Bonchev–Trinajstić information content (AvgIpc) is 2.61. The largest absolute Gasteiger partial charge is 0.508 e. The van der Waals surface area contributed by atoms with Crippen molar-refractivity contribution in [1.29, 1.82) is 0 Å². The molecule has 1 heterocycles. The molecule has 1 fully saturated rings. The van der Waals surface area contributed by atoms with Gasteiger partial charge < -0.3 is 10.4 Å². The number of aromatic hydroxyl groups is 1. The van der Waals surface area contributed by atoms with Crippen LogP contribution in [0.25, 0.3) is 0 Å². The number of phenolic OH excluding ortho intramolecular Hbond substituents is 1. The number of hydrogen-bond donors (Lipinski definition) is 2. The van der Waals surface area contributed by atoms with Gasteiger partial charge in [0.1, 0.15) is 5.75 Å². The third-order valence-corrected chi connectivity index (χ3v) is 4.71. The van der Waals surface area contributed by atoms with E-state index >= 15 is 0 Å². The molecule has 1 atom stereocenters. The molecular weight excluding hydrogens is 254 g/mol. The molecule has 0 radical (unpaired) electrons. The first-order valence-corrected chi connectivity index (χ1v) is 7.55. The summed E-state index contributed by atoms with van der Waals surface area (Å²) in [6.07, 6.45) is 0.526. The normalized spacial score (nSPS) is 21.7. The molecule has 98 valence electrons. The molecule has 0 spiro atoms. The highest BCUT2D eigenvalue weighted by Crippen LogP contribution is 2.16. The lowest BCUT2D eigenvalue weighted by atomic mass is 10.1. The van der Waals surface area contributed by atoms with E-state index in [0.717, 1.165) is 0 Å². The van der Waals surface area contributed by atoms with Crippen LogP contribution in [-0.4, -0.2) is 37.0 Å². The van der Waals surface area contributed by atoms with E-state index in [1.807, 2.05) is 0 Å². The lowest BCUT2D eigenvalue weighted by Crippen LogP contribution is -2.36. The van der Waals surface area contributed by atoms with E-state index in [9.17, 15) is 18.3 Å². The van der Waals surface area contributed by atoms with E-state index in [4.69, 9.17) is 0 Å². The van der Waals surface area contributed by atoms with Crippen molar-refractivity contribution in [2.75, 3.05) is 11.5 Å². The first kappa shape index (κ1) is 12.9. The Morgan fingerprint density at radius 3 is 2.72 bits per heavy atom. The molecule has 0 saturated carbocycles. The summed E-state index contributed by atoms with van der Waals surface area (Å²) >= 11 is 0. The fourth-order valence-electron chi connectivity index (χ4n) is 2.02. The van der Waals surface area contributed by atoms with Gasteiger partial charge >= 0.3 is 0 Å². The third-order valence-electron chi connectivity index (χ3n) is 2.94. The predicted molar refractivity (Wildman–Crippen MR) is 67.0 cm³/mol. The first-order chi connectivity index (χ1) is 8.46. The van der Waals surface area contributed by atoms with Crippen molar-refractivity contribution in [2.45, 2.75) is 18.9 Å². The van der Waals surface area contributed by atoms with Crippen molar-refractivity contribution < 1.29 is 18.3 Å². The Labute approximate surface area is 106 Å². The molecule has 1 aliphatic heterocycles. The number of carbonyl (C=O) groups is 1. The Morgan fingerprint density at radius 1 is 1.39 bits per heavy atom. The summed E-state index contributed by atoms with van der Waals surface area (Å²) in [5, 5.41) is 12.2. The zero-order valence-electron chi connectivity index (χ0n) is 9.80. The first-order valence-electron chi connectivity index (χ1n) is 5.73. The number of para-hydroxylation sites is 1. The highest BCUT2D eigenvalue weighted by atomic mass is 32.2. The Bertz CT molecular complexity index is 553. The minimum atomic E-state index is -2.99. The fourth-order valence-corrected chi connectivity index (χ4v) is 3.69. The zero-order chi connectivity index (χ0) is 13.2. The molecular formula is C12H15NO4S. The molecule has 18 heavy (non-hydrogen) atoms. The van der Waals surface area contributed by atoms with E-state index in [2.05, 4.69) is 5.32 Å². The molecule has 1 saturated heterocycles. The summed E-state index contributed by atoms with van der Waals surface area (Å²) in [5.74, 6) is -0.0427. The highest BCUT2D eigenvalue weighted by molar-refractivity contribution is 7.91. The van der Waals surface area contributed by atoms with Crippen molar-refractivity contribution in [3.8, 4) is 5.75 Å². The lowest BCUT2D eigenvalue weighted by molar-refractivity contribution is -0.121. The Balaban J connectivity index is 1.92. The van der Waals surface area contributed by atoms with E-state index in [1.54, 1.807) is 18.2 Å². The Hall–Kier alpha value is -1.56. The zero-order valence-corrected chi connectivity index (χ0v) is 10.6. The van der Waals surface area contributed by atoms with Gasteiger partial charge in [0.2, 0.25) is 5.91 Å². The smallest absolute Gasteiger partial charge is 0.224 e. The quantitative estimate of drug-likeness (QED) is 0.823. The molecule has 0 aliphatic carbocycles. The Morgan fingerprint density at radius 2 is 2.11 bits per heavy atom. The van der Waals surface area contributed by atoms with Crippen molar-refractivity contribution in [3.05, 3.63) is 29.8 Å². The van der Waals surface area contributed by atoms with Crippen LogP contribution in [-0.2, 0) is 21.1 Å². The van der Waals surface area contributed by atoms with E-state index < -0.39 is 9.84 Å². The maximum Gasteiger partial charge on any atom is 0.224 e. The van der Waals surface area contributed by atoms with Gasteiger partial charge in [-0.1, -0.05) is 18.2 Å². The van der Waals surface area contributed by atoms with Crippen LogP contribution in [0.2, 0.25) is 0 Å². The van der Waals surface area contributed by atoms with Crippen LogP contribution < -0.4 is 5.32 Å². The van der Waals surface area contributed by atoms with Gasteiger partial charge in [-0.05, 0) is 12.5 Å². The molecule has 2 N–H and O–H groups in total. The molecule has 0 aromatic heterocycles. The van der Waals surface area contributed by atoms with Crippen LogP contribution in [0.1, 0.15) is 12.0 Å². The number of amides is 1. The number of rotatable bonds is 3. The van der Waals surface area contributed by atoms with Crippen LogP contribution in [0.3, 0.4) is 0 Å². The molecule has 1 aromatic rings. The Kier molecular flexibility index (Phi) is 3.56. The van der Waals surface area contributed by atoms with E-state index in [1.165, 1.54) is 6.07 Å². The topological polar surface area (TPSA) is 83.5 Å². The van der Waals surface area contributed by atoms with Crippen molar-refractivity contribution in [3.63, 3.8) is 0 Å². The standard InChI is InChI=1S/C12H15NO4S/c14-11-4-2-1-3-9(11)7-12(15)13-10-5-6-18(16,17)8-10/h1-4,10,14H,5-8H2,(H,13,15). The summed E-state index contributed by atoms with van der Waals surface area (Å²) in [4.78, 5) is 11.7. The van der Waals surface area contributed by atoms with Gasteiger partial charge in [0.15, 0.2) is 9.84 Å². The maximum atomic E-state index is 11.7. The van der Waals surface area contributed by atoms with Crippen LogP contribution in [0.4, 0.5) is 0 Å². The summed E-state index contributed by atoms with van der Waals surface area (Å²) in [6, 6.07) is 6.30. The molecule has 2 rings (SSSR count). The summed E-state index contributed by atoms with van der Waals surface area (Å²) < 4.78 is 22.5. The van der Waals surface area contributed by atoms with Crippen LogP contribution in [0, 0.1) is 0 Å². The molecule has 1 aromatic carbocycles. The lowest BCUT2D eigenvalue weighted by Gasteiger charge is -2.11. The second-order valence-electron chi connectivity index (χ2n) is 4.47. The van der Waals surface area contributed by atoms with Crippen molar-refractivity contribution >= 4 is 15.7 Å². The van der Waals surface area contributed by atoms with Crippen LogP contribution in [0.15, 0.2) is 24.3 Å². The van der Waals surface area contributed by atoms with Gasteiger partial charge in [0, 0.05) is 11.6 Å². The number of carbonyl (C=O) groups excluding carboxylic acids is 1. The SMILES string of the molecule is O=C(Cc1ccccc1O)NC1CCS(=O)(=O)C1. The second-order valence-corrected chi connectivity index (χ2v) is 6.70. The summed E-state index contributed by atoms with van der Waals surface area (Å²) in [5.41, 5.74) is 0.538. The van der Waals surface area contributed by atoms with Crippen LogP contribution in [0.5, 0.6) is 5.75 Å². The molecule has 1 amide bonds. The molecule has 1 aliphatic rings. The second kappa shape index (κ2) is 4.97. The number of sulfone groups is 1. The highest BCUT2D eigenvalue weighted by Gasteiger charge is 2.28. The number of phenols is 1. The van der Waals surface area contributed by atoms with E-state index in [0.29, 0.717) is 12.0 Å². The van der Waals surface area contributed by atoms with E-state index in [-0.39, 0.29) is 35.6 Å². The van der Waals surface area contributed by atoms with Gasteiger partial charge in [-0.3, -0.25) is 4.79 Å². The number of hydrogen-bond acceptors (Lipinski definition) is 4. The average molecular weight is 269 g/mol. The van der Waals surface area contributed by atoms with Gasteiger partial charge in [-0.25, -0.2) is 8.42 Å². The minimum Gasteiger partial charge on any atom is -0.508 e. The summed E-state index contributed by atoms with van der Waals surface area (Å²) in [6.45, 7) is 0. The number of nitrogens with one attached hydrogen (secondary N) is 1. The molecule has 1 unspecified atom stereocenters. The van der Waals surface area contributed by atoms with Gasteiger partial charge in [-0.15, -0.1) is 0 Å². The maximum absolute atomic E-state index is 11.7.